The van der Waals surface area contributed by atoms with Crippen LogP contribution in [0.15, 0.2) is 6.20 Å². The third-order valence-electron chi connectivity index (χ3n) is 2.89. The highest BCUT2D eigenvalue weighted by Crippen LogP contribution is 2.30. The number of rotatable bonds is 3. The Morgan fingerprint density at radius 1 is 1.59 bits per heavy atom. The van der Waals surface area contributed by atoms with E-state index in [2.05, 4.69) is 5.10 Å². The van der Waals surface area contributed by atoms with Gasteiger partial charge in [0.15, 0.2) is 9.84 Å². The second kappa shape index (κ2) is 4.34. The number of sulfone groups is 1. The van der Waals surface area contributed by atoms with Crippen molar-refractivity contribution in [1.82, 2.24) is 9.78 Å². The molecule has 0 bridgehead atoms. The van der Waals surface area contributed by atoms with Gasteiger partial charge in [0.1, 0.15) is 5.69 Å². The van der Waals surface area contributed by atoms with Gasteiger partial charge in [-0.25, -0.2) is 17.2 Å². The largest absolute Gasteiger partial charge is 0.326 e. The van der Waals surface area contributed by atoms with Crippen LogP contribution in [0.5, 0.6) is 0 Å². The van der Waals surface area contributed by atoms with E-state index in [1.54, 1.807) is 0 Å². The molecule has 96 valence electrons. The molecule has 0 saturated carbocycles. The lowest BCUT2D eigenvalue weighted by atomic mass is 10.2. The minimum absolute atomic E-state index is 0.0260. The van der Waals surface area contributed by atoms with Crippen LogP contribution in [-0.2, 0) is 16.4 Å². The molecule has 5 nitrogen and oxygen atoms in total. The SMILES string of the molecule is NCc1cnn(C2CCS(=O)(=O)C2)c1C(F)F. The Morgan fingerprint density at radius 3 is 2.76 bits per heavy atom. The van der Waals surface area contributed by atoms with Gasteiger partial charge in [-0.1, -0.05) is 0 Å². The fourth-order valence-corrected chi connectivity index (χ4v) is 3.76. The van der Waals surface area contributed by atoms with Crippen molar-refractivity contribution in [3.05, 3.63) is 17.5 Å². The van der Waals surface area contributed by atoms with Crippen molar-refractivity contribution in [2.45, 2.75) is 25.4 Å². The van der Waals surface area contributed by atoms with Gasteiger partial charge in [-0.15, -0.1) is 0 Å². The minimum Gasteiger partial charge on any atom is -0.326 e. The fraction of sp³-hybridized carbons (Fsp3) is 0.667. The maximum Gasteiger partial charge on any atom is 0.280 e. The number of alkyl halides is 2. The molecule has 0 aliphatic carbocycles. The summed E-state index contributed by atoms with van der Waals surface area (Å²) in [7, 11) is -3.12. The van der Waals surface area contributed by atoms with Gasteiger partial charge in [0, 0.05) is 12.1 Å². The van der Waals surface area contributed by atoms with Gasteiger partial charge in [-0.05, 0) is 6.42 Å². The molecule has 2 rings (SSSR count). The summed E-state index contributed by atoms with van der Waals surface area (Å²) in [5.74, 6) is -0.101. The van der Waals surface area contributed by atoms with Crippen LogP contribution in [0, 0.1) is 0 Å². The molecule has 0 aromatic carbocycles. The summed E-state index contributed by atoms with van der Waals surface area (Å²) in [6.07, 6.45) is -1.08. The highest BCUT2D eigenvalue weighted by Gasteiger charge is 2.33. The molecule has 1 aliphatic rings. The monoisotopic (exact) mass is 265 g/mol. The minimum atomic E-state index is -3.12. The first-order chi connectivity index (χ1) is 7.94. The van der Waals surface area contributed by atoms with Crippen molar-refractivity contribution in [3.8, 4) is 0 Å². The van der Waals surface area contributed by atoms with Crippen LogP contribution in [0.2, 0.25) is 0 Å². The maximum absolute atomic E-state index is 12.9. The molecule has 1 aromatic rings. The van der Waals surface area contributed by atoms with E-state index in [-0.39, 0.29) is 29.3 Å². The molecule has 0 radical (unpaired) electrons. The van der Waals surface area contributed by atoms with Crippen molar-refractivity contribution in [2.75, 3.05) is 11.5 Å². The Balaban J connectivity index is 2.36. The number of nitrogens with two attached hydrogens (primary N) is 1. The van der Waals surface area contributed by atoms with Crippen molar-refractivity contribution in [1.29, 1.82) is 0 Å². The molecule has 1 atom stereocenters. The van der Waals surface area contributed by atoms with Crippen molar-refractivity contribution in [3.63, 3.8) is 0 Å². The van der Waals surface area contributed by atoms with E-state index in [1.165, 1.54) is 6.20 Å². The Hall–Kier alpha value is -1.02. The van der Waals surface area contributed by atoms with Crippen LogP contribution < -0.4 is 5.73 Å². The molecule has 1 fully saturated rings. The van der Waals surface area contributed by atoms with Gasteiger partial charge in [0.2, 0.25) is 0 Å². The Labute approximate surface area is 97.5 Å². The molecular formula is C9H13F2N3O2S. The molecule has 1 aromatic heterocycles. The second-order valence-electron chi connectivity index (χ2n) is 4.06. The predicted molar refractivity (Wildman–Crippen MR) is 57.4 cm³/mol. The lowest BCUT2D eigenvalue weighted by Gasteiger charge is -2.13. The standard InChI is InChI=1S/C9H13F2N3O2S/c10-9(11)8-6(3-12)4-13-14(8)7-1-2-17(15,16)5-7/h4,7,9H,1-3,5,12H2. The van der Waals surface area contributed by atoms with E-state index >= 15 is 0 Å². The first-order valence-corrected chi connectivity index (χ1v) is 7.01. The first-order valence-electron chi connectivity index (χ1n) is 5.19. The van der Waals surface area contributed by atoms with Gasteiger partial charge in [0.25, 0.3) is 6.43 Å². The summed E-state index contributed by atoms with van der Waals surface area (Å²) in [5, 5.41) is 3.85. The highest BCUT2D eigenvalue weighted by molar-refractivity contribution is 7.91. The van der Waals surface area contributed by atoms with Crippen molar-refractivity contribution < 1.29 is 17.2 Å². The molecular weight excluding hydrogens is 252 g/mol. The first kappa shape index (κ1) is 12.4. The van der Waals surface area contributed by atoms with Gasteiger partial charge in [0.05, 0.1) is 23.7 Å². The van der Waals surface area contributed by atoms with E-state index in [1.807, 2.05) is 0 Å². The van der Waals surface area contributed by atoms with Gasteiger partial charge >= 0.3 is 0 Å². The smallest absolute Gasteiger partial charge is 0.280 e. The molecule has 0 spiro atoms. The quantitative estimate of drug-likeness (QED) is 0.870. The molecule has 2 heterocycles. The predicted octanol–water partition coefficient (Wildman–Crippen LogP) is 0.639. The highest BCUT2D eigenvalue weighted by atomic mass is 32.2. The summed E-state index contributed by atoms with van der Waals surface area (Å²) in [4.78, 5) is 0. The summed E-state index contributed by atoms with van der Waals surface area (Å²) >= 11 is 0. The topological polar surface area (TPSA) is 78.0 Å². The van der Waals surface area contributed by atoms with Crippen LogP contribution in [0.1, 0.15) is 30.1 Å². The number of halogens is 2. The average molecular weight is 265 g/mol. The lowest BCUT2D eigenvalue weighted by molar-refractivity contribution is 0.135. The van der Waals surface area contributed by atoms with Crippen LogP contribution in [0.25, 0.3) is 0 Å². The maximum atomic E-state index is 12.9. The van der Waals surface area contributed by atoms with Crippen molar-refractivity contribution >= 4 is 9.84 Å². The summed E-state index contributed by atoms with van der Waals surface area (Å²) < 4.78 is 49.5. The molecule has 0 amide bonds. The molecule has 1 aliphatic heterocycles. The zero-order valence-electron chi connectivity index (χ0n) is 9.01. The molecule has 8 heteroatoms. The fourth-order valence-electron chi connectivity index (χ4n) is 2.06. The third-order valence-corrected chi connectivity index (χ3v) is 4.65. The summed E-state index contributed by atoms with van der Waals surface area (Å²) in [6.45, 7) is -0.0286. The van der Waals surface area contributed by atoms with Crippen LogP contribution in [-0.4, -0.2) is 29.7 Å². The lowest BCUT2D eigenvalue weighted by Crippen LogP contribution is -2.16. The van der Waals surface area contributed by atoms with E-state index in [4.69, 9.17) is 5.73 Å². The molecule has 2 N–H and O–H groups in total. The van der Waals surface area contributed by atoms with Gasteiger partial charge in [-0.2, -0.15) is 5.10 Å². The molecule has 1 unspecified atom stereocenters. The number of aromatic nitrogens is 2. The van der Waals surface area contributed by atoms with Gasteiger partial charge in [-0.3, -0.25) is 4.68 Å². The summed E-state index contributed by atoms with van der Waals surface area (Å²) in [6, 6.07) is -0.496. The summed E-state index contributed by atoms with van der Waals surface area (Å²) in [5.41, 5.74) is 5.36. The molecule has 17 heavy (non-hydrogen) atoms. The third kappa shape index (κ3) is 2.32. The van der Waals surface area contributed by atoms with E-state index in [0.717, 1.165) is 4.68 Å². The average Bonchev–Trinajstić information content (AvgIpc) is 2.80. The Kier molecular flexibility index (Phi) is 3.17. The van der Waals surface area contributed by atoms with Crippen LogP contribution in [0.4, 0.5) is 8.78 Å². The van der Waals surface area contributed by atoms with Crippen molar-refractivity contribution in [2.24, 2.45) is 5.73 Å². The number of nitrogens with zero attached hydrogens (tertiary/aromatic N) is 2. The normalized spacial score (nSPS) is 23.4. The Morgan fingerprint density at radius 2 is 2.29 bits per heavy atom. The van der Waals surface area contributed by atoms with Crippen LogP contribution >= 0.6 is 0 Å². The number of hydrogen-bond donors (Lipinski definition) is 1. The molecule has 1 saturated heterocycles. The Bertz CT molecular complexity index is 512. The number of hydrogen-bond acceptors (Lipinski definition) is 4. The van der Waals surface area contributed by atoms with E-state index < -0.39 is 22.3 Å². The van der Waals surface area contributed by atoms with Crippen LogP contribution in [0.3, 0.4) is 0 Å². The van der Waals surface area contributed by atoms with E-state index in [0.29, 0.717) is 6.42 Å². The zero-order valence-corrected chi connectivity index (χ0v) is 9.83. The van der Waals surface area contributed by atoms with Gasteiger partial charge < -0.3 is 5.73 Å². The van der Waals surface area contributed by atoms with E-state index in [9.17, 15) is 17.2 Å². The zero-order chi connectivity index (χ0) is 12.6. The second-order valence-corrected chi connectivity index (χ2v) is 6.29.